The van der Waals surface area contributed by atoms with Crippen LogP contribution >= 0.6 is 0 Å². The summed E-state index contributed by atoms with van der Waals surface area (Å²) >= 11 is 0. The molecule has 0 aliphatic heterocycles. The maximum atomic E-state index is 10.7. The van der Waals surface area contributed by atoms with E-state index in [0.717, 1.165) is 13.0 Å². The molecule has 1 heterocycles. The fraction of sp³-hybridized carbons (Fsp3) is 0.500. The van der Waals surface area contributed by atoms with Crippen LogP contribution in [0, 0.1) is 5.92 Å². The molecule has 3 heteroatoms. The van der Waals surface area contributed by atoms with Crippen molar-refractivity contribution in [2.45, 2.75) is 26.8 Å². The molecule has 13 heavy (non-hydrogen) atoms. The zero-order valence-electron chi connectivity index (χ0n) is 8.03. The average molecular weight is 181 g/mol. The minimum Gasteiger partial charge on any atom is -0.477 e. The summed E-state index contributed by atoms with van der Waals surface area (Å²) in [6, 6.07) is 3.40. The Kier molecular flexibility index (Phi) is 3.12. The molecule has 0 radical (unpaired) electrons. The van der Waals surface area contributed by atoms with Crippen LogP contribution in [0.4, 0.5) is 0 Å². The first kappa shape index (κ1) is 9.84. The number of aromatic carboxylic acids is 1. The van der Waals surface area contributed by atoms with Crippen molar-refractivity contribution in [1.82, 2.24) is 4.57 Å². The van der Waals surface area contributed by atoms with Gasteiger partial charge in [0.25, 0.3) is 0 Å². The number of carboxylic acids is 1. The second-order valence-corrected chi connectivity index (χ2v) is 3.57. The Morgan fingerprint density at radius 1 is 1.62 bits per heavy atom. The molecular weight excluding hydrogens is 166 g/mol. The molecule has 1 N–H and O–H groups in total. The lowest BCUT2D eigenvalue weighted by molar-refractivity contribution is 0.0684. The number of rotatable bonds is 4. The molecule has 0 atom stereocenters. The number of hydrogen-bond donors (Lipinski definition) is 1. The topological polar surface area (TPSA) is 42.2 Å². The lowest BCUT2D eigenvalue weighted by Crippen LogP contribution is -2.08. The number of hydrogen-bond acceptors (Lipinski definition) is 1. The number of carboxylic acid groups (broad SMARTS) is 1. The van der Waals surface area contributed by atoms with E-state index in [0.29, 0.717) is 11.6 Å². The molecule has 0 spiro atoms. The Balaban J connectivity index is 2.65. The van der Waals surface area contributed by atoms with Gasteiger partial charge in [-0.2, -0.15) is 0 Å². The van der Waals surface area contributed by atoms with Crippen molar-refractivity contribution in [2.75, 3.05) is 0 Å². The van der Waals surface area contributed by atoms with Gasteiger partial charge in [0.1, 0.15) is 5.69 Å². The molecule has 0 aliphatic rings. The van der Waals surface area contributed by atoms with Gasteiger partial charge in [0, 0.05) is 12.7 Å². The molecule has 0 saturated carbocycles. The van der Waals surface area contributed by atoms with E-state index in [1.807, 2.05) is 6.20 Å². The fourth-order valence-corrected chi connectivity index (χ4v) is 1.20. The Morgan fingerprint density at radius 2 is 2.31 bits per heavy atom. The Morgan fingerprint density at radius 3 is 2.85 bits per heavy atom. The van der Waals surface area contributed by atoms with E-state index in [1.54, 1.807) is 16.7 Å². The molecule has 0 amide bonds. The maximum absolute atomic E-state index is 10.7. The molecule has 0 unspecified atom stereocenters. The Bertz CT molecular complexity index is 289. The van der Waals surface area contributed by atoms with Crippen LogP contribution in [0.5, 0.6) is 0 Å². The van der Waals surface area contributed by atoms with Crippen LogP contribution in [-0.4, -0.2) is 15.6 Å². The van der Waals surface area contributed by atoms with Gasteiger partial charge in [0.2, 0.25) is 0 Å². The van der Waals surface area contributed by atoms with Crippen LogP contribution in [0.15, 0.2) is 18.3 Å². The highest BCUT2D eigenvalue weighted by molar-refractivity contribution is 5.85. The molecule has 0 bridgehead atoms. The van der Waals surface area contributed by atoms with E-state index in [-0.39, 0.29) is 0 Å². The maximum Gasteiger partial charge on any atom is 0.352 e. The third-order valence-corrected chi connectivity index (χ3v) is 2.00. The molecule has 3 nitrogen and oxygen atoms in total. The van der Waals surface area contributed by atoms with Gasteiger partial charge in [0.05, 0.1) is 0 Å². The SMILES string of the molecule is CC(C)CCn1cccc1C(=O)O. The van der Waals surface area contributed by atoms with Crippen molar-refractivity contribution in [1.29, 1.82) is 0 Å². The van der Waals surface area contributed by atoms with Gasteiger partial charge < -0.3 is 9.67 Å². The fourth-order valence-electron chi connectivity index (χ4n) is 1.20. The zero-order chi connectivity index (χ0) is 9.84. The number of aryl methyl sites for hydroxylation is 1. The highest BCUT2D eigenvalue weighted by atomic mass is 16.4. The molecule has 0 saturated heterocycles. The van der Waals surface area contributed by atoms with Crippen LogP contribution in [0.1, 0.15) is 30.8 Å². The molecular formula is C10H15NO2. The standard InChI is InChI=1S/C10H15NO2/c1-8(2)5-7-11-6-3-4-9(11)10(12)13/h3-4,6,8H,5,7H2,1-2H3,(H,12,13). The van der Waals surface area contributed by atoms with Crippen LogP contribution in [0.2, 0.25) is 0 Å². The monoisotopic (exact) mass is 181 g/mol. The largest absolute Gasteiger partial charge is 0.477 e. The summed E-state index contributed by atoms with van der Waals surface area (Å²) in [4.78, 5) is 10.7. The molecule has 72 valence electrons. The van der Waals surface area contributed by atoms with E-state index >= 15 is 0 Å². The minimum atomic E-state index is -0.853. The molecule has 0 aliphatic carbocycles. The average Bonchev–Trinajstić information content (AvgIpc) is 2.47. The van der Waals surface area contributed by atoms with Crippen molar-refractivity contribution in [3.05, 3.63) is 24.0 Å². The number of carbonyl (C=O) groups is 1. The highest BCUT2D eigenvalue weighted by Gasteiger charge is 2.07. The zero-order valence-corrected chi connectivity index (χ0v) is 8.03. The van der Waals surface area contributed by atoms with E-state index in [9.17, 15) is 4.79 Å². The van der Waals surface area contributed by atoms with Crippen LogP contribution in [0.25, 0.3) is 0 Å². The predicted molar refractivity (Wildman–Crippen MR) is 50.8 cm³/mol. The Hall–Kier alpha value is -1.25. The van der Waals surface area contributed by atoms with Crippen LogP contribution in [0.3, 0.4) is 0 Å². The third-order valence-electron chi connectivity index (χ3n) is 2.00. The Labute approximate surface area is 78.0 Å². The summed E-state index contributed by atoms with van der Waals surface area (Å²) in [5.41, 5.74) is 0.376. The van der Waals surface area contributed by atoms with Crippen LogP contribution in [-0.2, 0) is 6.54 Å². The molecule has 1 aromatic heterocycles. The van der Waals surface area contributed by atoms with Gasteiger partial charge in [-0.25, -0.2) is 4.79 Å². The van der Waals surface area contributed by atoms with Crippen LogP contribution < -0.4 is 0 Å². The van der Waals surface area contributed by atoms with Gasteiger partial charge in [-0.3, -0.25) is 0 Å². The first-order valence-electron chi connectivity index (χ1n) is 4.49. The summed E-state index contributed by atoms with van der Waals surface area (Å²) in [7, 11) is 0. The summed E-state index contributed by atoms with van der Waals surface area (Å²) in [6.45, 7) is 5.04. The van der Waals surface area contributed by atoms with E-state index in [4.69, 9.17) is 5.11 Å². The summed E-state index contributed by atoms with van der Waals surface area (Å²) in [5.74, 6) is -0.252. The van der Waals surface area contributed by atoms with Crippen molar-refractivity contribution >= 4 is 5.97 Å². The predicted octanol–water partition coefficient (Wildman–Crippen LogP) is 2.23. The first-order valence-corrected chi connectivity index (χ1v) is 4.49. The summed E-state index contributed by atoms with van der Waals surface area (Å²) < 4.78 is 1.78. The smallest absolute Gasteiger partial charge is 0.352 e. The lowest BCUT2D eigenvalue weighted by Gasteiger charge is -2.07. The third kappa shape index (κ3) is 2.61. The van der Waals surface area contributed by atoms with Gasteiger partial charge in [-0.1, -0.05) is 13.8 Å². The molecule has 1 aromatic rings. The van der Waals surface area contributed by atoms with Gasteiger partial charge in [-0.15, -0.1) is 0 Å². The van der Waals surface area contributed by atoms with Crippen molar-refractivity contribution in [3.8, 4) is 0 Å². The number of nitrogens with zero attached hydrogens (tertiary/aromatic N) is 1. The molecule has 0 aromatic carbocycles. The second kappa shape index (κ2) is 4.12. The van der Waals surface area contributed by atoms with Gasteiger partial charge >= 0.3 is 5.97 Å². The summed E-state index contributed by atoms with van der Waals surface area (Å²) in [6.07, 6.45) is 2.82. The van der Waals surface area contributed by atoms with Gasteiger partial charge in [-0.05, 0) is 24.5 Å². The number of aromatic nitrogens is 1. The minimum absolute atomic E-state index is 0.376. The quantitative estimate of drug-likeness (QED) is 0.774. The van der Waals surface area contributed by atoms with Crippen molar-refractivity contribution < 1.29 is 9.90 Å². The van der Waals surface area contributed by atoms with E-state index in [2.05, 4.69) is 13.8 Å². The second-order valence-electron chi connectivity index (χ2n) is 3.57. The van der Waals surface area contributed by atoms with Gasteiger partial charge in [0.15, 0.2) is 0 Å². The molecule has 0 fully saturated rings. The first-order chi connectivity index (χ1) is 6.11. The van der Waals surface area contributed by atoms with E-state index in [1.165, 1.54) is 0 Å². The lowest BCUT2D eigenvalue weighted by atomic mass is 10.1. The molecule has 1 rings (SSSR count). The van der Waals surface area contributed by atoms with Crippen molar-refractivity contribution in [2.24, 2.45) is 5.92 Å². The normalized spacial score (nSPS) is 10.7. The van der Waals surface area contributed by atoms with Crippen molar-refractivity contribution in [3.63, 3.8) is 0 Å². The summed E-state index contributed by atoms with van der Waals surface area (Å²) in [5, 5.41) is 8.80. The highest BCUT2D eigenvalue weighted by Crippen LogP contribution is 2.07. The van der Waals surface area contributed by atoms with E-state index < -0.39 is 5.97 Å².